The zero-order valence-corrected chi connectivity index (χ0v) is 12.6. The number of nitrogens with zero attached hydrogens (tertiary/aromatic N) is 7. The maximum absolute atomic E-state index is 12.2. The Morgan fingerprint density at radius 1 is 1.41 bits per heavy atom. The molecule has 2 aromatic rings. The second kappa shape index (κ2) is 6.63. The van der Waals surface area contributed by atoms with Crippen molar-refractivity contribution in [3.05, 3.63) is 18.0 Å². The molecule has 1 aliphatic heterocycles. The van der Waals surface area contributed by atoms with Crippen LogP contribution in [-0.4, -0.2) is 54.2 Å². The van der Waals surface area contributed by atoms with Gasteiger partial charge in [-0.15, -0.1) is 5.10 Å². The van der Waals surface area contributed by atoms with Gasteiger partial charge in [-0.25, -0.2) is 4.68 Å². The van der Waals surface area contributed by atoms with Crippen molar-refractivity contribution in [1.82, 2.24) is 35.2 Å². The van der Waals surface area contributed by atoms with Crippen molar-refractivity contribution in [2.24, 2.45) is 0 Å². The van der Waals surface area contributed by atoms with E-state index in [1.807, 2.05) is 4.90 Å². The first-order chi connectivity index (χ1) is 10.8. The largest absolute Gasteiger partial charge is 0.341 e. The predicted molar refractivity (Wildman–Crippen MR) is 74.7 cm³/mol. The molecule has 1 fully saturated rings. The monoisotopic (exact) mass is 305 g/mol. The lowest BCUT2D eigenvalue weighted by Crippen LogP contribution is -2.39. The Kier molecular flexibility index (Phi) is 4.40. The second-order valence-corrected chi connectivity index (χ2v) is 5.46. The summed E-state index contributed by atoms with van der Waals surface area (Å²) in [6.07, 6.45) is 4.97. The first kappa shape index (κ1) is 14.6. The minimum atomic E-state index is 0.0305. The predicted octanol–water partition coefficient (Wildman–Crippen LogP) is 0.415. The Labute approximate surface area is 127 Å². The van der Waals surface area contributed by atoms with Crippen LogP contribution in [0.1, 0.15) is 43.8 Å². The molecule has 2 aromatic heterocycles. The summed E-state index contributed by atoms with van der Waals surface area (Å²) >= 11 is 0. The van der Waals surface area contributed by atoms with E-state index >= 15 is 0 Å². The third-order valence-corrected chi connectivity index (χ3v) is 3.84. The van der Waals surface area contributed by atoms with Gasteiger partial charge in [-0.1, -0.05) is 12.1 Å². The van der Waals surface area contributed by atoms with E-state index in [0.29, 0.717) is 19.0 Å². The molecule has 118 valence electrons. The topological polar surface area (TPSA) is 103 Å². The van der Waals surface area contributed by atoms with E-state index in [4.69, 9.17) is 4.52 Å². The van der Waals surface area contributed by atoms with E-state index in [0.717, 1.165) is 31.5 Å². The number of piperidine rings is 1. The van der Waals surface area contributed by atoms with Crippen LogP contribution in [-0.2, 0) is 17.8 Å². The molecule has 0 bridgehead atoms. The number of likely N-dealkylation sites (tertiary alicyclic amines) is 1. The van der Waals surface area contributed by atoms with Gasteiger partial charge in [0.1, 0.15) is 12.9 Å². The van der Waals surface area contributed by atoms with Gasteiger partial charge in [-0.2, -0.15) is 4.98 Å². The van der Waals surface area contributed by atoms with Crippen LogP contribution in [0.3, 0.4) is 0 Å². The minimum Gasteiger partial charge on any atom is -0.341 e. The maximum atomic E-state index is 12.2. The van der Waals surface area contributed by atoms with Gasteiger partial charge in [0.2, 0.25) is 11.8 Å². The van der Waals surface area contributed by atoms with Crippen molar-refractivity contribution >= 4 is 5.91 Å². The molecule has 1 aliphatic rings. The highest BCUT2D eigenvalue weighted by Crippen LogP contribution is 2.27. The lowest BCUT2D eigenvalue weighted by atomic mass is 9.96. The third kappa shape index (κ3) is 3.29. The fourth-order valence-corrected chi connectivity index (χ4v) is 2.63. The summed E-state index contributed by atoms with van der Waals surface area (Å²) in [7, 11) is 0. The molecule has 3 rings (SSSR count). The van der Waals surface area contributed by atoms with Gasteiger partial charge in [0, 0.05) is 25.4 Å². The van der Waals surface area contributed by atoms with E-state index in [2.05, 4.69) is 32.6 Å². The molecule has 0 aliphatic carbocycles. The molecule has 0 atom stereocenters. The smallest absolute Gasteiger partial charge is 0.244 e. The molecule has 3 heterocycles. The molecule has 9 nitrogen and oxygen atoms in total. The van der Waals surface area contributed by atoms with Gasteiger partial charge in [0.05, 0.1) is 0 Å². The number of hydrogen-bond donors (Lipinski definition) is 0. The van der Waals surface area contributed by atoms with E-state index in [1.54, 1.807) is 0 Å². The second-order valence-electron chi connectivity index (χ2n) is 5.46. The van der Waals surface area contributed by atoms with Crippen molar-refractivity contribution in [3.63, 3.8) is 0 Å². The lowest BCUT2D eigenvalue weighted by Gasteiger charge is -2.30. The van der Waals surface area contributed by atoms with Crippen molar-refractivity contribution in [1.29, 1.82) is 0 Å². The van der Waals surface area contributed by atoms with Crippen LogP contribution in [0.4, 0.5) is 0 Å². The number of tetrazole rings is 1. The molecule has 0 N–H and O–H groups in total. The third-order valence-electron chi connectivity index (χ3n) is 3.84. The first-order valence-corrected chi connectivity index (χ1v) is 7.57. The highest BCUT2D eigenvalue weighted by molar-refractivity contribution is 5.75. The first-order valence-electron chi connectivity index (χ1n) is 7.57. The van der Waals surface area contributed by atoms with Crippen LogP contribution in [0.5, 0.6) is 0 Å². The molecule has 1 amide bonds. The molecular weight excluding hydrogens is 286 g/mol. The molecular formula is C13H19N7O2. The summed E-state index contributed by atoms with van der Waals surface area (Å²) in [5.74, 6) is 1.75. The van der Waals surface area contributed by atoms with Gasteiger partial charge in [-0.3, -0.25) is 4.79 Å². The van der Waals surface area contributed by atoms with E-state index in [-0.39, 0.29) is 18.4 Å². The van der Waals surface area contributed by atoms with Crippen LogP contribution in [0.25, 0.3) is 0 Å². The SMILES string of the molecule is CCCc1noc(C2CCN(C(=O)Cn3cnnn3)CC2)n1. The van der Waals surface area contributed by atoms with Gasteiger partial charge in [0.25, 0.3) is 0 Å². The molecule has 22 heavy (non-hydrogen) atoms. The Morgan fingerprint density at radius 3 is 2.91 bits per heavy atom. The Balaban J connectivity index is 1.52. The van der Waals surface area contributed by atoms with Crippen LogP contribution in [0, 0.1) is 0 Å². The summed E-state index contributed by atoms with van der Waals surface area (Å²) < 4.78 is 6.78. The van der Waals surface area contributed by atoms with Crippen LogP contribution < -0.4 is 0 Å². The molecule has 9 heteroatoms. The summed E-state index contributed by atoms with van der Waals surface area (Å²) in [5, 5.41) is 14.7. The Morgan fingerprint density at radius 2 is 2.23 bits per heavy atom. The molecule has 0 aromatic carbocycles. The number of carbonyl (C=O) groups is 1. The van der Waals surface area contributed by atoms with E-state index in [1.165, 1.54) is 11.0 Å². The standard InChI is InChI=1S/C13H19N7O2/c1-2-3-11-15-13(22-16-11)10-4-6-19(7-5-10)12(21)8-20-9-14-17-18-20/h9-10H,2-8H2,1H3. The number of carbonyl (C=O) groups excluding carboxylic acids is 1. The number of aryl methyl sites for hydroxylation is 1. The maximum Gasteiger partial charge on any atom is 0.244 e. The minimum absolute atomic E-state index is 0.0305. The zero-order valence-electron chi connectivity index (χ0n) is 12.6. The van der Waals surface area contributed by atoms with Gasteiger partial charge >= 0.3 is 0 Å². The van der Waals surface area contributed by atoms with Gasteiger partial charge < -0.3 is 9.42 Å². The van der Waals surface area contributed by atoms with Crippen LogP contribution in [0.15, 0.2) is 10.9 Å². The fraction of sp³-hybridized carbons (Fsp3) is 0.692. The average molecular weight is 305 g/mol. The summed E-state index contributed by atoms with van der Waals surface area (Å²) in [5.41, 5.74) is 0. The van der Waals surface area contributed by atoms with Gasteiger partial charge in [-0.05, 0) is 29.7 Å². The molecule has 1 saturated heterocycles. The lowest BCUT2D eigenvalue weighted by molar-refractivity contribution is -0.133. The summed E-state index contributed by atoms with van der Waals surface area (Å²) in [4.78, 5) is 18.4. The molecule has 0 saturated carbocycles. The Bertz CT molecular complexity index is 602. The summed E-state index contributed by atoms with van der Waals surface area (Å²) in [6, 6.07) is 0. The highest BCUT2D eigenvalue weighted by Gasteiger charge is 2.27. The molecule has 0 spiro atoms. The number of amides is 1. The average Bonchev–Trinajstić information content (AvgIpc) is 3.20. The zero-order chi connectivity index (χ0) is 15.4. The highest BCUT2D eigenvalue weighted by atomic mass is 16.5. The van der Waals surface area contributed by atoms with Gasteiger partial charge in [0.15, 0.2) is 5.82 Å². The van der Waals surface area contributed by atoms with E-state index < -0.39 is 0 Å². The van der Waals surface area contributed by atoms with Crippen LogP contribution in [0.2, 0.25) is 0 Å². The Hall–Kier alpha value is -2.32. The van der Waals surface area contributed by atoms with Crippen LogP contribution >= 0.6 is 0 Å². The molecule has 0 radical (unpaired) electrons. The normalized spacial score (nSPS) is 16.1. The fourth-order valence-electron chi connectivity index (χ4n) is 2.63. The quantitative estimate of drug-likeness (QED) is 0.788. The summed E-state index contributed by atoms with van der Waals surface area (Å²) in [6.45, 7) is 3.65. The number of aromatic nitrogens is 6. The number of hydrogen-bond acceptors (Lipinski definition) is 7. The van der Waals surface area contributed by atoms with Crippen molar-refractivity contribution < 1.29 is 9.32 Å². The van der Waals surface area contributed by atoms with Crippen molar-refractivity contribution in [3.8, 4) is 0 Å². The van der Waals surface area contributed by atoms with Crippen molar-refractivity contribution in [2.45, 2.75) is 45.1 Å². The number of rotatable bonds is 5. The molecule has 0 unspecified atom stereocenters. The van der Waals surface area contributed by atoms with E-state index in [9.17, 15) is 4.79 Å². The van der Waals surface area contributed by atoms with Crippen molar-refractivity contribution in [2.75, 3.05) is 13.1 Å².